The zero-order chi connectivity index (χ0) is 18.7. The van der Waals surface area contributed by atoms with Crippen molar-refractivity contribution in [3.05, 3.63) is 24.0 Å². The SMILES string of the molecule is CC.CC(C)C(C)C(=O)N1CC(O)CC1c1nc2c(O)cccc2[nH]1. The molecule has 3 N–H and O–H groups in total. The Morgan fingerprint density at radius 3 is 2.60 bits per heavy atom. The Kier molecular flexibility index (Phi) is 6.06. The van der Waals surface area contributed by atoms with Crippen molar-refractivity contribution in [1.29, 1.82) is 0 Å². The molecule has 0 bridgehead atoms. The van der Waals surface area contributed by atoms with Gasteiger partial charge in [0.2, 0.25) is 5.91 Å². The number of nitrogens with zero attached hydrogens (tertiary/aromatic N) is 2. The van der Waals surface area contributed by atoms with Crippen molar-refractivity contribution in [2.45, 2.75) is 53.2 Å². The van der Waals surface area contributed by atoms with Crippen LogP contribution in [-0.2, 0) is 4.79 Å². The number of aromatic hydroxyl groups is 1. The number of aromatic nitrogens is 2. The number of likely N-dealkylation sites (tertiary alicyclic amines) is 1. The maximum absolute atomic E-state index is 12.7. The molecule has 6 heteroatoms. The molecule has 0 aliphatic carbocycles. The van der Waals surface area contributed by atoms with E-state index in [0.29, 0.717) is 24.3 Å². The van der Waals surface area contributed by atoms with Crippen LogP contribution in [0.5, 0.6) is 5.75 Å². The van der Waals surface area contributed by atoms with Crippen molar-refractivity contribution in [3.8, 4) is 5.75 Å². The number of hydrogen-bond donors (Lipinski definition) is 3. The number of fused-ring (bicyclic) bond motifs is 1. The van der Waals surface area contributed by atoms with Crippen LogP contribution in [0.25, 0.3) is 11.0 Å². The Hall–Kier alpha value is -2.08. The van der Waals surface area contributed by atoms with E-state index in [2.05, 4.69) is 9.97 Å². The minimum absolute atomic E-state index is 0.0335. The summed E-state index contributed by atoms with van der Waals surface area (Å²) in [7, 11) is 0. The summed E-state index contributed by atoms with van der Waals surface area (Å²) in [5.74, 6) is 0.881. The van der Waals surface area contributed by atoms with Gasteiger partial charge in [0.15, 0.2) is 0 Å². The molecule has 6 nitrogen and oxygen atoms in total. The first-order valence-corrected chi connectivity index (χ1v) is 9.04. The number of β-amino-alcohol motifs (C(OH)–C–C–N with tert-alkyl or cyclic N) is 1. The highest BCUT2D eigenvalue weighted by molar-refractivity contribution is 5.82. The van der Waals surface area contributed by atoms with Crippen LogP contribution in [0.1, 0.15) is 52.9 Å². The van der Waals surface area contributed by atoms with Gasteiger partial charge in [0, 0.05) is 18.9 Å². The summed E-state index contributed by atoms with van der Waals surface area (Å²) >= 11 is 0. The summed E-state index contributed by atoms with van der Waals surface area (Å²) in [5.41, 5.74) is 1.22. The molecule has 25 heavy (non-hydrogen) atoms. The number of carbonyl (C=O) groups is 1. The second kappa shape index (κ2) is 7.87. The maximum Gasteiger partial charge on any atom is 0.226 e. The van der Waals surface area contributed by atoms with Gasteiger partial charge in [-0.15, -0.1) is 0 Å². The predicted molar refractivity (Wildman–Crippen MR) is 98.2 cm³/mol. The number of nitrogens with one attached hydrogen (secondary N) is 1. The molecule has 0 spiro atoms. The number of phenols is 1. The lowest BCUT2D eigenvalue weighted by Gasteiger charge is -2.27. The molecule has 1 aliphatic rings. The van der Waals surface area contributed by atoms with Crippen LogP contribution in [0.3, 0.4) is 0 Å². The number of H-pyrrole nitrogens is 1. The van der Waals surface area contributed by atoms with Crippen LogP contribution in [0.2, 0.25) is 0 Å². The number of aromatic amines is 1. The fourth-order valence-electron chi connectivity index (χ4n) is 3.06. The first-order chi connectivity index (χ1) is 11.9. The van der Waals surface area contributed by atoms with E-state index < -0.39 is 6.10 Å². The molecule has 1 saturated heterocycles. The molecule has 1 aromatic carbocycles. The number of benzene rings is 1. The van der Waals surface area contributed by atoms with Crippen molar-refractivity contribution >= 4 is 16.9 Å². The van der Waals surface area contributed by atoms with Crippen LogP contribution in [0, 0.1) is 11.8 Å². The lowest BCUT2D eigenvalue weighted by Crippen LogP contribution is -2.37. The number of aliphatic hydroxyl groups excluding tert-OH is 1. The number of carbonyl (C=O) groups excluding carboxylic acids is 1. The third-order valence-corrected chi connectivity index (χ3v) is 4.78. The van der Waals surface area contributed by atoms with Gasteiger partial charge >= 0.3 is 0 Å². The normalized spacial score (nSPS) is 21.3. The quantitative estimate of drug-likeness (QED) is 0.795. The van der Waals surface area contributed by atoms with Crippen molar-refractivity contribution in [3.63, 3.8) is 0 Å². The summed E-state index contributed by atoms with van der Waals surface area (Å²) in [6.07, 6.45) is -0.0953. The molecular weight excluding hydrogens is 318 g/mol. The topological polar surface area (TPSA) is 89.5 Å². The summed E-state index contributed by atoms with van der Waals surface area (Å²) in [4.78, 5) is 22.1. The Balaban J connectivity index is 0.00000109. The standard InChI is InChI=1S/C17H23N3O3.C2H6/c1-9(2)10(3)17(23)20-8-11(21)7-13(20)16-18-12-5-4-6-14(22)15(12)19-16;1-2/h4-6,9-11,13,21-22H,7-8H2,1-3H3,(H,18,19);1-2H3. The van der Waals surface area contributed by atoms with E-state index in [0.717, 1.165) is 5.52 Å². The Labute approximate surface area is 148 Å². The summed E-state index contributed by atoms with van der Waals surface area (Å²) in [5, 5.41) is 19.9. The van der Waals surface area contributed by atoms with Gasteiger partial charge in [-0.3, -0.25) is 4.79 Å². The molecule has 1 aliphatic heterocycles. The van der Waals surface area contributed by atoms with Gasteiger partial charge in [-0.05, 0) is 18.1 Å². The summed E-state index contributed by atoms with van der Waals surface area (Å²) < 4.78 is 0. The van der Waals surface area contributed by atoms with E-state index in [1.165, 1.54) is 0 Å². The van der Waals surface area contributed by atoms with Gasteiger partial charge in [-0.2, -0.15) is 0 Å². The minimum Gasteiger partial charge on any atom is -0.506 e. The molecule has 138 valence electrons. The molecule has 3 unspecified atom stereocenters. The van der Waals surface area contributed by atoms with Crippen molar-refractivity contribution in [2.75, 3.05) is 6.54 Å². The van der Waals surface area contributed by atoms with Gasteiger partial charge < -0.3 is 20.1 Å². The molecule has 1 aromatic heterocycles. The number of para-hydroxylation sites is 1. The lowest BCUT2D eigenvalue weighted by atomic mass is 9.96. The Morgan fingerprint density at radius 2 is 2.00 bits per heavy atom. The number of aliphatic hydroxyl groups is 1. The monoisotopic (exact) mass is 347 g/mol. The molecule has 2 heterocycles. The van der Waals surface area contributed by atoms with Crippen LogP contribution < -0.4 is 0 Å². The van der Waals surface area contributed by atoms with Gasteiger partial charge in [0.05, 0.1) is 17.7 Å². The third kappa shape index (κ3) is 3.79. The fourth-order valence-corrected chi connectivity index (χ4v) is 3.06. The smallest absolute Gasteiger partial charge is 0.226 e. The highest BCUT2D eigenvalue weighted by Gasteiger charge is 2.39. The maximum atomic E-state index is 12.7. The van der Waals surface area contributed by atoms with Gasteiger partial charge in [-0.25, -0.2) is 4.98 Å². The molecular formula is C19H29N3O3. The van der Waals surface area contributed by atoms with E-state index in [1.807, 2.05) is 40.7 Å². The van der Waals surface area contributed by atoms with E-state index >= 15 is 0 Å². The number of imidazole rings is 1. The first-order valence-electron chi connectivity index (χ1n) is 9.04. The van der Waals surface area contributed by atoms with Crippen LogP contribution in [0.15, 0.2) is 18.2 Å². The van der Waals surface area contributed by atoms with Crippen LogP contribution in [0.4, 0.5) is 0 Å². The molecule has 2 aromatic rings. The minimum atomic E-state index is -0.551. The number of rotatable bonds is 3. The Morgan fingerprint density at radius 1 is 1.32 bits per heavy atom. The average Bonchev–Trinajstić information content (AvgIpc) is 3.19. The van der Waals surface area contributed by atoms with Gasteiger partial charge in [0.25, 0.3) is 0 Å². The highest BCUT2D eigenvalue weighted by atomic mass is 16.3. The van der Waals surface area contributed by atoms with E-state index in [4.69, 9.17) is 0 Å². The fraction of sp³-hybridized carbons (Fsp3) is 0.579. The zero-order valence-corrected chi connectivity index (χ0v) is 15.7. The van der Waals surface area contributed by atoms with Crippen molar-refractivity contribution < 1.29 is 15.0 Å². The number of phenolic OH excluding ortho intramolecular Hbond substituents is 1. The Bertz CT molecular complexity index is 726. The zero-order valence-electron chi connectivity index (χ0n) is 15.7. The second-order valence-corrected chi connectivity index (χ2v) is 6.72. The van der Waals surface area contributed by atoms with E-state index in [9.17, 15) is 15.0 Å². The summed E-state index contributed by atoms with van der Waals surface area (Å²) in [6.45, 7) is 10.3. The summed E-state index contributed by atoms with van der Waals surface area (Å²) in [6, 6.07) is 4.87. The molecule has 1 fully saturated rings. The predicted octanol–water partition coefficient (Wildman–Crippen LogP) is 3.22. The van der Waals surface area contributed by atoms with E-state index in [-0.39, 0.29) is 29.5 Å². The second-order valence-electron chi connectivity index (χ2n) is 6.72. The van der Waals surface area contributed by atoms with Crippen LogP contribution >= 0.6 is 0 Å². The average molecular weight is 347 g/mol. The van der Waals surface area contributed by atoms with Crippen LogP contribution in [-0.4, -0.2) is 43.6 Å². The molecule has 1 amide bonds. The van der Waals surface area contributed by atoms with E-state index in [1.54, 1.807) is 17.0 Å². The van der Waals surface area contributed by atoms with Crippen molar-refractivity contribution in [2.24, 2.45) is 11.8 Å². The lowest BCUT2D eigenvalue weighted by molar-refractivity contribution is -0.137. The van der Waals surface area contributed by atoms with Gasteiger partial charge in [-0.1, -0.05) is 40.7 Å². The third-order valence-electron chi connectivity index (χ3n) is 4.78. The molecule has 3 atom stereocenters. The highest BCUT2D eigenvalue weighted by Crippen LogP contribution is 2.34. The molecule has 0 saturated carbocycles. The number of amides is 1. The van der Waals surface area contributed by atoms with Crippen molar-refractivity contribution in [1.82, 2.24) is 14.9 Å². The first kappa shape index (κ1) is 19.2. The molecule has 3 rings (SSSR count). The van der Waals surface area contributed by atoms with Gasteiger partial charge in [0.1, 0.15) is 17.1 Å². The number of hydrogen-bond acceptors (Lipinski definition) is 4. The largest absolute Gasteiger partial charge is 0.506 e. The molecule has 0 radical (unpaired) electrons.